The molecule has 0 fully saturated rings. The van der Waals surface area contributed by atoms with Crippen LogP contribution in [0, 0.1) is 0 Å². The Hall–Kier alpha value is -0.273. The average Bonchev–Trinajstić information content (AvgIpc) is 2.11. The van der Waals surface area contributed by atoms with Crippen LogP contribution in [0.3, 0.4) is 0 Å². The fraction of sp³-hybridized carbons (Fsp3) is 0.889. The molecule has 90 valence electrons. The zero-order valence-electron chi connectivity index (χ0n) is 9.51. The van der Waals surface area contributed by atoms with Crippen molar-refractivity contribution in [3.63, 3.8) is 0 Å². The van der Waals surface area contributed by atoms with Gasteiger partial charge in [-0.3, -0.25) is 0 Å². The van der Waals surface area contributed by atoms with Crippen LogP contribution in [0.1, 0.15) is 6.92 Å². The van der Waals surface area contributed by atoms with Crippen LogP contribution in [0.2, 0.25) is 19.6 Å². The molecular weight excluding hydrogens is 216 g/mol. The summed E-state index contributed by atoms with van der Waals surface area (Å²) in [5.74, 6) is 0. The molecule has 5 nitrogen and oxygen atoms in total. The van der Waals surface area contributed by atoms with Crippen molar-refractivity contribution in [1.29, 1.82) is 0 Å². The summed E-state index contributed by atoms with van der Waals surface area (Å²) in [4.78, 5) is 11.6. The molecule has 4 atom stereocenters. The second kappa shape index (κ2) is 5.18. The maximum atomic E-state index is 11.6. The monoisotopic (exact) mass is 236 g/mol. The third kappa shape index (κ3) is 4.00. The molecule has 0 heterocycles. The highest BCUT2D eigenvalue weighted by atomic mass is 28.3. The summed E-state index contributed by atoms with van der Waals surface area (Å²) in [7, 11) is -2.21. The number of carbonyl (C=O) groups is 1. The van der Waals surface area contributed by atoms with Crippen LogP contribution in [-0.4, -0.2) is 58.3 Å². The molecule has 0 aromatic rings. The molecule has 0 aliphatic heterocycles. The number of aliphatic hydroxyl groups is 4. The van der Waals surface area contributed by atoms with Crippen molar-refractivity contribution in [3.05, 3.63) is 0 Å². The van der Waals surface area contributed by atoms with Gasteiger partial charge in [-0.25, -0.2) is 0 Å². The Balaban J connectivity index is 4.58. The largest absolute Gasteiger partial charge is 0.391 e. The van der Waals surface area contributed by atoms with Crippen molar-refractivity contribution < 1.29 is 25.2 Å². The summed E-state index contributed by atoms with van der Waals surface area (Å²) in [6.45, 7) is 6.49. The maximum absolute atomic E-state index is 11.6. The van der Waals surface area contributed by atoms with E-state index >= 15 is 0 Å². The minimum absolute atomic E-state index is 0.435. The Labute approximate surface area is 90.4 Å². The summed E-state index contributed by atoms with van der Waals surface area (Å²) in [6.07, 6.45) is -5.96. The molecule has 6 heteroatoms. The summed E-state index contributed by atoms with van der Waals surface area (Å²) in [5.41, 5.74) is 0. The molecule has 0 rings (SSSR count). The average molecular weight is 236 g/mol. The lowest BCUT2D eigenvalue weighted by molar-refractivity contribution is -0.137. The zero-order valence-corrected chi connectivity index (χ0v) is 10.5. The van der Waals surface area contributed by atoms with Crippen LogP contribution in [0.4, 0.5) is 0 Å². The number of carbonyl (C=O) groups excluding carboxylic acids is 1. The number of rotatable bonds is 5. The lowest BCUT2D eigenvalue weighted by Crippen LogP contribution is -2.53. The van der Waals surface area contributed by atoms with E-state index in [2.05, 4.69) is 0 Å². The molecule has 0 aromatic heterocycles. The first kappa shape index (κ1) is 14.7. The molecule has 0 aliphatic rings. The molecule has 0 unspecified atom stereocenters. The molecular formula is C9H20O5Si. The Morgan fingerprint density at radius 2 is 1.40 bits per heavy atom. The molecule has 0 bridgehead atoms. The normalized spacial score (nSPS) is 20.5. The summed E-state index contributed by atoms with van der Waals surface area (Å²) >= 11 is 0. The van der Waals surface area contributed by atoms with Crippen LogP contribution in [0.25, 0.3) is 0 Å². The lowest BCUT2D eigenvalue weighted by Gasteiger charge is -2.27. The molecule has 0 aromatic carbocycles. The lowest BCUT2D eigenvalue weighted by atomic mass is 10.1. The Bertz CT molecular complexity index is 223. The van der Waals surface area contributed by atoms with Crippen molar-refractivity contribution in [2.75, 3.05) is 0 Å². The highest BCUT2D eigenvalue weighted by Crippen LogP contribution is 2.12. The Morgan fingerprint density at radius 1 is 1.00 bits per heavy atom. The van der Waals surface area contributed by atoms with Gasteiger partial charge in [0.1, 0.15) is 31.8 Å². The molecule has 15 heavy (non-hydrogen) atoms. The van der Waals surface area contributed by atoms with Gasteiger partial charge in [0, 0.05) is 0 Å². The standard InChI is InChI=1S/C9H20O5Si/c1-5(10)6(11)7(12)8(13)9(14)15(2,3)4/h5-8,10-13H,1-4H3/t5-,6+,7+,8-/m0/s1. The third-order valence-electron chi connectivity index (χ3n) is 2.18. The first-order chi connectivity index (χ1) is 6.59. The minimum atomic E-state index is -2.21. The van der Waals surface area contributed by atoms with E-state index in [1.54, 1.807) is 19.6 Å². The van der Waals surface area contributed by atoms with Crippen molar-refractivity contribution in [3.8, 4) is 0 Å². The fourth-order valence-corrected chi connectivity index (χ4v) is 2.13. The van der Waals surface area contributed by atoms with Crippen LogP contribution in [-0.2, 0) is 4.79 Å². The van der Waals surface area contributed by atoms with Gasteiger partial charge in [0.25, 0.3) is 0 Å². The predicted octanol–water partition coefficient (Wildman–Crippen LogP) is -1.10. The van der Waals surface area contributed by atoms with Gasteiger partial charge in [-0.2, -0.15) is 0 Å². The Kier molecular flexibility index (Phi) is 5.08. The van der Waals surface area contributed by atoms with Crippen molar-refractivity contribution in [2.45, 2.75) is 51.0 Å². The van der Waals surface area contributed by atoms with Gasteiger partial charge in [-0.1, -0.05) is 19.6 Å². The van der Waals surface area contributed by atoms with Crippen LogP contribution in [0.15, 0.2) is 0 Å². The molecule has 0 radical (unpaired) electrons. The van der Waals surface area contributed by atoms with Gasteiger partial charge < -0.3 is 25.2 Å². The van der Waals surface area contributed by atoms with E-state index in [0.717, 1.165) is 0 Å². The van der Waals surface area contributed by atoms with Crippen molar-refractivity contribution in [2.24, 2.45) is 0 Å². The van der Waals surface area contributed by atoms with Gasteiger partial charge in [0.2, 0.25) is 0 Å². The SMILES string of the molecule is C[C@H](O)[C@@H](O)[C@@H](O)[C@H](O)C(=O)[Si](C)(C)C. The first-order valence-electron chi connectivity index (χ1n) is 4.85. The van der Waals surface area contributed by atoms with Crippen molar-refractivity contribution >= 4 is 13.5 Å². The second-order valence-electron chi connectivity index (χ2n) is 4.78. The van der Waals surface area contributed by atoms with Crippen LogP contribution >= 0.6 is 0 Å². The van der Waals surface area contributed by atoms with E-state index < -0.39 is 37.9 Å². The van der Waals surface area contributed by atoms with Crippen molar-refractivity contribution in [1.82, 2.24) is 0 Å². The molecule has 0 saturated heterocycles. The summed E-state index contributed by atoms with van der Waals surface area (Å²) in [6, 6.07) is 0. The number of hydrogen-bond donors (Lipinski definition) is 4. The van der Waals surface area contributed by atoms with E-state index in [1.807, 2.05) is 0 Å². The first-order valence-corrected chi connectivity index (χ1v) is 8.35. The van der Waals surface area contributed by atoms with E-state index in [4.69, 9.17) is 5.11 Å². The zero-order chi connectivity index (χ0) is 12.4. The predicted molar refractivity (Wildman–Crippen MR) is 58.1 cm³/mol. The topological polar surface area (TPSA) is 98.0 Å². The van der Waals surface area contributed by atoms with E-state index in [9.17, 15) is 20.1 Å². The van der Waals surface area contributed by atoms with E-state index in [1.165, 1.54) is 6.92 Å². The Morgan fingerprint density at radius 3 is 1.67 bits per heavy atom. The molecule has 0 spiro atoms. The summed E-state index contributed by atoms with van der Waals surface area (Å²) in [5, 5.41) is 36.8. The number of hydrogen-bond acceptors (Lipinski definition) is 5. The van der Waals surface area contributed by atoms with Gasteiger partial charge in [0.15, 0.2) is 0 Å². The quantitative estimate of drug-likeness (QED) is 0.454. The maximum Gasteiger partial charge on any atom is 0.141 e. The molecule has 0 saturated carbocycles. The van der Waals surface area contributed by atoms with E-state index in [-0.39, 0.29) is 0 Å². The smallest absolute Gasteiger partial charge is 0.141 e. The molecule has 0 aliphatic carbocycles. The highest BCUT2D eigenvalue weighted by Gasteiger charge is 2.38. The third-order valence-corrected chi connectivity index (χ3v) is 3.95. The highest BCUT2D eigenvalue weighted by molar-refractivity contribution is 7.04. The van der Waals surface area contributed by atoms with Gasteiger partial charge in [-0.05, 0) is 6.92 Å². The minimum Gasteiger partial charge on any atom is -0.391 e. The fourth-order valence-electron chi connectivity index (χ4n) is 1.07. The van der Waals surface area contributed by atoms with Crippen LogP contribution < -0.4 is 0 Å². The second-order valence-corrected chi connectivity index (χ2v) is 9.77. The van der Waals surface area contributed by atoms with Gasteiger partial charge >= 0.3 is 0 Å². The molecule has 4 N–H and O–H groups in total. The van der Waals surface area contributed by atoms with Gasteiger partial charge in [-0.15, -0.1) is 0 Å². The van der Waals surface area contributed by atoms with Crippen LogP contribution in [0.5, 0.6) is 0 Å². The summed E-state index contributed by atoms with van der Waals surface area (Å²) < 4.78 is 0. The van der Waals surface area contributed by atoms with E-state index in [0.29, 0.717) is 0 Å². The molecule has 0 amide bonds. The van der Waals surface area contributed by atoms with Gasteiger partial charge in [0.05, 0.1) is 6.10 Å². The number of aliphatic hydroxyl groups excluding tert-OH is 4.